The molecule has 0 radical (unpaired) electrons. The molecule has 74 heavy (non-hydrogen) atoms. The Labute approximate surface area is 427 Å². The summed E-state index contributed by atoms with van der Waals surface area (Å²) in [6.45, 7) is 4.23. The van der Waals surface area contributed by atoms with Crippen LogP contribution in [0.2, 0.25) is 0 Å². The van der Waals surface area contributed by atoms with Gasteiger partial charge in [0.2, 0.25) is 47.3 Å². The fourth-order valence-corrected chi connectivity index (χ4v) is 7.69. The van der Waals surface area contributed by atoms with Crippen molar-refractivity contribution in [2.45, 2.75) is 159 Å². The first-order valence-corrected chi connectivity index (χ1v) is 24.4. The number of amides is 8. The fourth-order valence-electron chi connectivity index (χ4n) is 7.69. The first-order valence-electron chi connectivity index (χ1n) is 24.4. The number of likely N-dealkylation sites (tertiary alicyclic amines) is 1. The highest BCUT2D eigenvalue weighted by Crippen LogP contribution is 2.22. The number of unbranched alkanes of at least 4 members (excludes halogenated alkanes) is 1. The van der Waals surface area contributed by atoms with E-state index in [9.17, 15) is 78.0 Å². The fraction of sp³-hybridized carbons (Fsp3) is 0.617. The second kappa shape index (κ2) is 32.0. The molecule has 27 heteroatoms. The van der Waals surface area contributed by atoms with Gasteiger partial charge in [-0.2, -0.15) is 0 Å². The molecule has 1 aromatic rings. The van der Waals surface area contributed by atoms with Gasteiger partial charge in [0.1, 0.15) is 48.3 Å². The van der Waals surface area contributed by atoms with Gasteiger partial charge in [-0.05, 0) is 76.3 Å². The van der Waals surface area contributed by atoms with Crippen LogP contribution in [0.4, 0.5) is 0 Å². The van der Waals surface area contributed by atoms with E-state index >= 15 is 0 Å². The molecule has 0 unspecified atom stereocenters. The maximum atomic E-state index is 14.3. The van der Waals surface area contributed by atoms with Crippen molar-refractivity contribution >= 4 is 71.1 Å². The Morgan fingerprint density at radius 3 is 1.53 bits per heavy atom. The first-order chi connectivity index (χ1) is 34.9. The summed E-state index contributed by atoms with van der Waals surface area (Å²) in [5.41, 5.74) is 11.9. The summed E-state index contributed by atoms with van der Waals surface area (Å²) < 4.78 is 0. The molecule has 1 aliphatic heterocycles. The number of aliphatic carboxylic acids is 4. The highest BCUT2D eigenvalue weighted by molar-refractivity contribution is 5.98. The SMILES string of the molecule is CC[C@H](C)[C@H](NC(=O)[C@H](C)N)C(=O)N1CCC[C@H]1C(=O)N[C@@H](Cc1ccccc1)C(=O)N[C@@H](CCC(=O)O)C(=O)N[C@@H](CCC(=O)O)C(=O)N[C@@H](CCCCN)C(=O)N[C@@H](CO)C(=O)N[C@@H](CCC(=O)O)C(=O)O. The average Bonchev–Trinajstić information content (AvgIpc) is 3.85. The lowest BCUT2D eigenvalue weighted by Gasteiger charge is -2.32. The highest BCUT2D eigenvalue weighted by Gasteiger charge is 2.41. The van der Waals surface area contributed by atoms with Gasteiger partial charge in [-0.1, -0.05) is 50.6 Å². The van der Waals surface area contributed by atoms with E-state index in [1.165, 1.54) is 11.8 Å². The van der Waals surface area contributed by atoms with E-state index in [0.29, 0.717) is 24.8 Å². The van der Waals surface area contributed by atoms with Crippen molar-refractivity contribution in [2.75, 3.05) is 19.7 Å². The summed E-state index contributed by atoms with van der Waals surface area (Å²) in [4.78, 5) is 157. The molecule has 1 fully saturated rings. The summed E-state index contributed by atoms with van der Waals surface area (Å²) >= 11 is 0. The van der Waals surface area contributed by atoms with Crippen LogP contribution in [0.15, 0.2) is 30.3 Å². The maximum absolute atomic E-state index is 14.3. The quantitative estimate of drug-likeness (QED) is 0.0302. The molecule has 8 amide bonds. The standard InChI is InChI=1S/C47H72N10O17/c1-4-25(2)38(56-39(65)26(3)49)46(72)57-22-10-14-34(57)45(71)54-32(23-27-11-6-5-7-12-27)43(69)52-30(16-19-36(61)62)42(68)51-29(15-18-35(59)60)41(67)50-28(13-8-9-21-48)40(66)55-33(24-58)44(70)53-31(47(73)74)17-20-37(63)64/h5-7,11-12,25-26,28-34,38,58H,4,8-10,13-24,48-49H2,1-3H3,(H,50,67)(H,51,68)(H,52,69)(H,53,70)(H,54,71)(H,55,66)(H,56,65)(H,59,60)(H,61,62)(H,63,64)(H,73,74)/t25-,26-,28-,29-,30-,31-,32-,33-,34-,38-/m0/s1. The predicted molar refractivity (Wildman–Crippen MR) is 260 cm³/mol. The van der Waals surface area contributed by atoms with Crippen LogP contribution in [0.25, 0.3) is 0 Å². The van der Waals surface area contributed by atoms with E-state index in [-0.39, 0.29) is 44.7 Å². The van der Waals surface area contributed by atoms with Gasteiger partial charge < -0.3 is 79.1 Å². The predicted octanol–water partition coefficient (Wildman–Crippen LogP) is -3.19. The van der Waals surface area contributed by atoms with E-state index in [1.54, 1.807) is 37.3 Å². The Balaban J connectivity index is 2.46. The minimum atomic E-state index is -1.82. The number of carboxylic acids is 4. The number of carbonyl (C=O) groups excluding carboxylic acids is 8. The number of benzene rings is 1. The number of nitrogens with one attached hydrogen (secondary N) is 7. The Morgan fingerprint density at radius 1 is 0.608 bits per heavy atom. The molecule has 1 aliphatic rings. The van der Waals surface area contributed by atoms with Gasteiger partial charge in [0, 0.05) is 32.2 Å². The van der Waals surface area contributed by atoms with Crippen LogP contribution in [0.5, 0.6) is 0 Å². The van der Waals surface area contributed by atoms with Gasteiger partial charge in [-0.3, -0.25) is 52.7 Å². The summed E-state index contributed by atoms with van der Waals surface area (Å²) in [5.74, 6) is -13.6. The van der Waals surface area contributed by atoms with Crippen molar-refractivity contribution in [3.05, 3.63) is 35.9 Å². The van der Waals surface area contributed by atoms with Crippen LogP contribution in [0, 0.1) is 5.92 Å². The van der Waals surface area contributed by atoms with E-state index in [4.69, 9.17) is 16.6 Å². The summed E-state index contributed by atoms with van der Waals surface area (Å²) in [6.07, 6.45) is -2.64. The van der Waals surface area contributed by atoms with Gasteiger partial charge >= 0.3 is 23.9 Å². The van der Waals surface area contributed by atoms with Crippen LogP contribution in [0.1, 0.15) is 103 Å². The largest absolute Gasteiger partial charge is 0.481 e. The molecule has 10 atom stereocenters. The lowest BCUT2D eigenvalue weighted by Crippen LogP contribution is -2.61. The minimum absolute atomic E-state index is 0.140. The van der Waals surface area contributed by atoms with Crippen molar-refractivity contribution in [1.82, 2.24) is 42.1 Å². The van der Waals surface area contributed by atoms with Crippen LogP contribution < -0.4 is 48.7 Å². The zero-order chi connectivity index (χ0) is 55.7. The monoisotopic (exact) mass is 1050 g/mol. The minimum Gasteiger partial charge on any atom is -0.481 e. The van der Waals surface area contributed by atoms with Crippen molar-refractivity contribution in [3.63, 3.8) is 0 Å². The Bertz CT molecular complexity index is 2130. The third-order valence-corrected chi connectivity index (χ3v) is 12.2. The zero-order valence-electron chi connectivity index (χ0n) is 41.7. The van der Waals surface area contributed by atoms with E-state index < -0.39 is 171 Å². The molecular formula is C47H72N10O17. The van der Waals surface area contributed by atoms with E-state index in [1.807, 2.05) is 12.2 Å². The van der Waals surface area contributed by atoms with Crippen molar-refractivity contribution in [2.24, 2.45) is 17.4 Å². The number of aliphatic hydroxyl groups excluding tert-OH is 1. The molecule has 0 bridgehead atoms. The maximum Gasteiger partial charge on any atom is 0.326 e. The third-order valence-electron chi connectivity index (χ3n) is 12.2. The first kappa shape index (κ1) is 62.9. The molecule has 0 saturated carbocycles. The summed E-state index contributed by atoms with van der Waals surface area (Å²) in [7, 11) is 0. The highest BCUT2D eigenvalue weighted by atomic mass is 16.4. The molecule has 1 heterocycles. The van der Waals surface area contributed by atoms with Crippen molar-refractivity contribution in [1.29, 1.82) is 0 Å². The molecular weight excluding hydrogens is 977 g/mol. The second-order valence-electron chi connectivity index (χ2n) is 18.0. The zero-order valence-corrected chi connectivity index (χ0v) is 41.7. The number of aliphatic hydroxyl groups is 1. The molecule has 27 nitrogen and oxygen atoms in total. The van der Waals surface area contributed by atoms with Crippen LogP contribution in [-0.4, -0.2) is 176 Å². The molecule has 2 rings (SSSR count). The van der Waals surface area contributed by atoms with Crippen molar-refractivity contribution < 1.29 is 83.1 Å². The van der Waals surface area contributed by atoms with E-state index in [0.717, 1.165) is 0 Å². The number of nitrogens with zero attached hydrogens (tertiary/aromatic N) is 1. The Kier molecular flexibility index (Phi) is 27.2. The summed E-state index contributed by atoms with van der Waals surface area (Å²) in [5, 5.41) is 64.3. The topological polar surface area (TPSA) is 445 Å². The van der Waals surface area contributed by atoms with Crippen molar-refractivity contribution in [3.8, 4) is 0 Å². The number of nitrogens with two attached hydrogens (primary N) is 2. The van der Waals surface area contributed by atoms with E-state index in [2.05, 4.69) is 31.9 Å². The van der Waals surface area contributed by atoms with Gasteiger partial charge in [0.15, 0.2) is 0 Å². The van der Waals surface area contributed by atoms with Crippen LogP contribution in [0.3, 0.4) is 0 Å². The molecule has 1 aromatic carbocycles. The normalized spacial score (nSPS) is 16.7. The second-order valence-corrected chi connectivity index (χ2v) is 18.0. The summed E-state index contributed by atoms with van der Waals surface area (Å²) in [6, 6.07) is -4.82. The molecule has 16 N–H and O–H groups in total. The van der Waals surface area contributed by atoms with Gasteiger partial charge in [0.05, 0.1) is 12.6 Å². The molecule has 1 saturated heterocycles. The smallest absolute Gasteiger partial charge is 0.326 e. The lowest BCUT2D eigenvalue weighted by molar-refractivity contribution is -0.144. The number of carboxylic acid groups (broad SMARTS) is 4. The van der Waals surface area contributed by atoms with Gasteiger partial charge in [-0.25, -0.2) is 4.79 Å². The number of rotatable bonds is 34. The lowest BCUT2D eigenvalue weighted by atomic mass is 9.97. The molecule has 0 aliphatic carbocycles. The Morgan fingerprint density at radius 2 is 1.07 bits per heavy atom. The molecule has 0 spiro atoms. The Hall–Kier alpha value is -7.26. The molecule has 412 valence electrons. The third kappa shape index (κ3) is 21.4. The van der Waals surface area contributed by atoms with Gasteiger partial charge in [-0.15, -0.1) is 0 Å². The average molecular weight is 1050 g/mol. The number of carbonyl (C=O) groups is 12. The van der Waals surface area contributed by atoms with Crippen LogP contribution >= 0.6 is 0 Å². The molecule has 0 aromatic heterocycles. The number of hydrogen-bond donors (Lipinski definition) is 14. The number of hydrogen-bond acceptors (Lipinski definition) is 15. The van der Waals surface area contributed by atoms with Crippen LogP contribution in [-0.2, 0) is 64.0 Å². The van der Waals surface area contributed by atoms with Gasteiger partial charge in [0.25, 0.3) is 0 Å².